The van der Waals surface area contributed by atoms with E-state index >= 15 is 0 Å². The first-order valence-electron chi connectivity index (χ1n) is 11.6. The molecule has 1 aliphatic carbocycles. The lowest BCUT2D eigenvalue weighted by molar-refractivity contribution is -0.866. The average Bonchev–Trinajstić information content (AvgIpc) is 3.02. The van der Waals surface area contributed by atoms with Gasteiger partial charge in [0.2, 0.25) is 5.91 Å². The molecule has 0 spiro atoms. The van der Waals surface area contributed by atoms with Crippen molar-refractivity contribution in [2.45, 2.75) is 71.3 Å². The average molecular weight is 449 g/mol. The van der Waals surface area contributed by atoms with E-state index < -0.39 is 11.3 Å². The predicted molar refractivity (Wildman–Crippen MR) is 118 cm³/mol. The minimum Gasteiger partial charge on any atom is -0.321 e. The topological polar surface area (TPSA) is 95.5 Å². The van der Waals surface area contributed by atoms with Crippen LogP contribution in [-0.2, 0) is 14.4 Å². The van der Waals surface area contributed by atoms with Crippen LogP contribution in [0.1, 0.15) is 65.2 Å². The van der Waals surface area contributed by atoms with Crippen LogP contribution in [0.4, 0.5) is 10.1 Å². The number of nitrogens with one attached hydrogen (secondary N) is 2. The van der Waals surface area contributed by atoms with Crippen molar-refractivity contribution < 1.29 is 28.5 Å². The highest BCUT2D eigenvalue weighted by Crippen LogP contribution is 2.47. The Morgan fingerprint density at radius 3 is 2.41 bits per heavy atom. The minimum absolute atomic E-state index is 0.00145. The molecule has 1 aromatic rings. The standard InChI is InChI=1S/C24H34FN3O4/c1-17(2)14-24(15-21(29)27-32)12-13-28(23(24)31,20-6-4-3-5-7-20)16-22(30)26-19-10-8-18(25)9-11-19/h8-11,17,20H,3-7,12-16H2,1-2H3,(H2-,26,27,29,30,32)/p+1. The monoisotopic (exact) mass is 448 g/mol. The van der Waals surface area contributed by atoms with Gasteiger partial charge < -0.3 is 5.32 Å². The van der Waals surface area contributed by atoms with E-state index in [2.05, 4.69) is 5.32 Å². The van der Waals surface area contributed by atoms with Crippen molar-refractivity contribution in [1.29, 1.82) is 0 Å². The van der Waals surface area contributed by atoms with E-state index in [1.165, 1.54) is 24.3 Å². The van der Waals surface area contributed by atoms with Crippen molar-refractivity contribution in [2.24, 2.45) is 11.3 Å². The van der Waals surface area contributed by atoms with Crippen molar-refractivity contribution in [3.05, 3.63) is 30.1 Å². The summed E-state index contributed by atoms with van der Waals surface area (Å²) in [5.74, 6) is -1.12. The molecule has 1 aliphatic heterocycles. The zero-order chi connectivity index (χ0) is 23.4. The smallest absolute Gasteiger partial charge is 0.321 e. The highest BCUT2D eigenvalue weighted by molar-refractivity contribution is 5.94. The number of hydrogen-bond donors (Lipinski definition) is 3. The molecule has 3 rings (SSSR count). The lowest BCUT2D eigenvalue weighted by Gasteiger charge is -2.42. The Hall–Kier alpha value is -2.32. The SMILES string of the molecule is CC(C)CC1(CC(=O)NO)CC[N+](CC(=O)Nc2ccc(F)cc2)(C2CCCCC2)C1=O. The summed E-state index contributed by atoms with van der Waals surface area (Å²) in [4.78, 5) is 39.4. The molecular weight excluding hydrogens is 413 g/mol. The van der Waals surface area contributed by atoms with Gasteiger partial charge in [0, 0.05) is 18.5 Å². The Labute approximate surface area is 188 Å². The molecule has 2 fully saturated rings. The second-order valence-electron chi connectivity index (χ2n) is 9.91. The summed E-state index contributed by atoms with van der Waals surface area (Å²) in [5, 5.41) is 11.9. The van der Waals surface area contributed by atoms with Crippen molar-refractivity contribution in [2.75, 3.05) is 18.4 Å². The third-order valence-electron chi connectivity index (χ3n) is 7.10. The maximum Gasteiger partial charge on any atom is 0.321 e. The van der Waals surface area contributed by atoms with Crippen LogP contribution in [0.5, 0.6) is 0 Å². The molecule has 1 saturated carbocycles. The molecule has 1 aromatic carbocycles. The number of rotatable bonds is 8. The number of amides is 3. The lowest BCUT2D eigenvalue weighted by Crippen LogP contribution is -2.62. The van der Waals surface area contributed by atoms with Crippen molar-refractivity contribution >= 4 is 23.4 Å². The van der Waals surface area contributed by atoms with E-state index in [-0.39, 0.29) is 47.0 Å². The molecule has 0 radical (unpaired) electrons. The molecule has 8 heteroatoms. The molecule has 7 nitrogen and oxygen atoms in total. The van der Waals surface area contributed by atoms with Crippen LogP contribution in [0.2, 0.25) is 0 Å². The molecule has 1 saturated heterocycles. The maximum atomic E-state index is 14.1. The van der Waals surface area contributed by atoms with Crippen molar-refractivity contribution in [3.63, 3.8) is 0 Å². The number of likely N-dealkylation sites (tertiary alicyclic amines) is 1. The van der Waals surface area contributed by atoms with E-state index in [9.17, 15) is 18.8 Å². The lowest BCUT2D eigenvalue weighted by atomic mass is 9.75. The van der Waals surface area contributed by atoms with E-state index in [4.69, 9.17) is 5.21 Å². The Balaban J connectivity index is 1.90. The van der Waals surface area contributed by atoms with Gasteiger partial charge in [0.25, 0.3) is 5.91 Å². The third kappa shape index (κ3) is 5.18. The first-order chi connectivity index (χ1) is 15.2. The summed E-state index contributed by atoms with van der Waals surface area (Å²) >= 11 is 0. The fourth-order valence-electron chi connectivity index (χ4n) is 5.84. The van der Waals surface area contributed by atoms with Crippen LogP contribution in [0, 0.1) is 17.2 Å². The van der Waals surface area contributed by atoms with Crippen LogP contribution >= 0.6 is 0 Å². The van der Waals surface area contributed by atoms with Gasteiger partial charge in [-0.1, -0.05) is 20.3 Å². The Morgan fingerprint density at radius 2 is 1.81 bits per heavy atom. The second kappa shape index (κ2) is 10.1. The van der Waals surface area contributed by atoms with Crippen LogP contribution in [-0.4, -0.2) is 46.5 Å². The summed E-state index contributed by atoms with van der Waals surface area (Å²) < 4.78 is 13.3. The molecule has 0 bridgehead atoms. The molecule has 2 atom stereocenters. The quantitative estimate of drug-likeness (QED) is 0.320. The molecule has 176 valence electrons. The normalized spacial score (nSPS) is 26.3. The highest BCUT2D eigenvalue weighted by atomic mass is 19.1. The fraction of sp³-hybridized carbons (Fsp3) is 0.625. The number of halogens is 1. The van der Waals surface area contributed by atoms with Crippen LogP contribution in [0.3, 0.4) is 0 Å². The van der Waals surface area contributed by atoms with Crippen LogP contribution < -0.4 is 10.8 Å². The van der Waals surface area contributed by atoms with E-state index in [1.807, 2.05) is 13.8 Å². The van der Waals surface area contributed by atoms with Gasteiger partial charge in [-0.2, -0.15) is 0 Å². The van der Waals surface area contributed by atoms with Crippen LogP contribution in [0.15, 0.2) is 24.3 Å². The molecule has 32 heavy (non-hydrogen) atoms. The van der Waals surface area contributed by atoms with Crippen molar-refractivity contribution in [3.8, 4) is 0 Å². The number of anilines is 1. The first kappa shape index (κ1) is 24.3. The highest BCUT2D eigenvalue weighted by Gasteiger charge is 2.62. The Kier molecular flexibility index (Phi) is 7.67. The zero-order valence-electron chi connectivity index (χ0n) is 19.0. The number of hydroxylamine groups is 1. The van der Waals surface area contributed by atoms with E-state index in [0.717, 1.165) is 32.1 Å². The molecule has 1 heterocycles. The summed E-state index contributed by atoms with van der Waals surface area (Å²) in [6.07, 6.45) is 5.88. The number of nitrogens with zero attached hydrogens (tertiary/aromatic N) is 1. The Bertz CT molecular complexity index is 838. The van der Waals surface area contributed by atoms with Crippen LogP contribution in [0.25, 0.3) is 0 Å². The summed E-state index contributed by atoms with van der Waals surface area (Å²) in [7, 11) is 0. The summed E-state index contributed by atoms with van der Waals surface area (Å²) in [5.41, 5.74) is 1.28. The van der Waals surface area contributed by atoms with Gasteiger partial charge in [0.15, 0.2) is 6.54 Å². The largest absolute Gasteiger partial charge is 0.321 e. The van der Waals surface area contributed by atoms with Crippen molar-refractivity contribution in [1.82, 2.24) is 5.48 Å². The minimum atomic E-state index is -0.894. The van der Waals surface area contributed by atoms with Gasteiger partial charge in [0.1, 0.15) is 5.82 Å². The number of quaternary nitrogens is 1. The van der Waals surface area contributed by atoms with Gasteiger partial charge in [-0.25, -0.2) is 19.1 Å². The van der Waals surface area contributed by atoms with Gasteiger partial charge in [-0.05, 0) is 62.3 Å². The number of benzene rings is 1. The van der Waals surface area contributed by atoms with E-state index in [0.29, 0.717) is 25.1 Å². The fourth-order valence-corrected chi connectivity index (χ4v) is 5.84. The first-order valence-corrected chi connectivity index (χ1v) is 11.6. The molecule has 3 N–H and O–H groups in total. The second-order valence-corrected chi connectivity index (χ2v) is 9.91. The van der Waals surface area contributed by atoms with Gasteiger partial charge in [0.05, 0.1) is 18.0 Å². The third-order valence-corrected chi connectivity index (χ3v) is 7.10. The zero-order valence-corrected chi connectivity index (χ0v) is 19.0. The summed E-state index contributed by atoms with van der Waals surface area (Å²) in [6.45, 7) is 4.54. The van der Waals surface area contributed by atoms with Gasteiger partial charge in [-0.3, -0.25) is 14.8 Å². The number of carbonyl (C=O) groups excluding carboxylic acids is 3. The summed E-state index contributed by atoms with van der Waals surface area (Å²) in [6, 6.07) is 5.60. The van der Waals surface area contributed by atoms with E-state index in [1.54, 1.807) is 5.48 Å². The molecular formula is C24H35FN3O4+. The van der Waals surface area contributed by atoms with Gasteiger partial charge in [-0.15, -0.1) is 0 Å². The number of hydrogen-bond acceptors (Lipinski definition) is 4. The maximum absolute atomic E-state index is 14.1. The van der Waals surface area contributed by atoms with Gasteiger partial charge >= 0.3 is 5.91 Å². The molecule has 2 aliphatic rings. The Morgan fingerprint density at radius 1 is 1.16 bits per heavy atom. The number of carbonyl (C=O) groups is 3. The molecule has 0 aromatic heterocycles. The predicted octanol–water partition coefficient (Wildman–Crippen LogP) is 3.77. The molecule has 3 amide bonds. The molecule has 2 unspecified atom stereocenters.